The summed E-state index contributed by atoms with van der Waals surface area (Å²) in [6.45, 7) is 4.89. The Hall–Kier alpha value is -3.23. The molecule has 2 aromatic rings. The van der Waals surface area contributed by atoms with E-state index in [1.54, 1.807) is 20.8 Å². The molecule has 1 aromatic heterocycles. The van der Waals surface area contributed by atoms with Crippen molar-refractivity contribution >= 4 is 17.5 Å². The molecule has 1 aromatic carbocycles. The molecule has 9 heteroatoms. The van der Waals surface area contributed by atoms with Gasteiger partial charge in [-0.2, -0.15) is 0 Å². The Morgan fingerprint density at radius 3 is 2.48 bits per heavy atom. The maximum atomic E-state index is 14.1. The zero-order chi connectivity index (χ0) is 18.8. The van der Waals surface area contributed by atoms with Gasteiger partial charge in [-0.25, -0.2) is 14.2 Å². The van der Waals surface area contributed by atoms with Crippen molar-refractivity contribution in [3.05, 3.63) is 52.5 Å². The molecule has 1 N–H and O–H groups in total. The molecule has 0 saturated heterocycles. The molecule has 0 bridgehead atoms. The van der Waals surface area contributed by atoms with Gasteiger partial charge in [-0.05, 0) is 32.9 Å². The number of benzene rings is 1. The van der Waals surface area contributed by atoms with Crippen LogP contribution in [0.15, 0.2) is 36.5 Å². The van der Waals surface area contributed by atoms with Crippen LogP contribution in [0.3, 0.4) is 0 Å². The molecule has 0 aliphatic heterocycles. The maximum Gasteiger partial charge on any atom is 0.412 e. The summed E-state index contributed by atoms with van der Waals surface area (Å²) < 4.78 is 19.6. The van der Waals surface area contributed by atoms with Crippen molar-refractivity contribution in [2.45, 2.75) is 26.3 Å². The van der Waals surface area contributed by atoms with Crippen molar-refractivity contribution in [1.29, 1.82) is 0 Å². The first-order chi connectivity index (χ1) is 11.6. The predicted octanol–water partition coefficient (Wildman–Crippen LogP) is 4.20. The fourth-order valence-electron chi connectivity index (χ4n) is 2.14. The number of nitro groups is 1. The second-order valence-electron chi connectivity index (χ2n) is 6.12. The van der Waals surface area contributed by atoms with Gasteiger partial charge in [-0.3, -0.25) is 15.0 Å². The summed E-state index contributed by atoms with van der Waals surface area (Å²) in [7, 11) is 0. The highest BCUT2D eigenvalue weighted by Crippen LogP contribution is 2.32. The summed E-state index contributed by atoms with van der Waals surface area (Å²) in [4.78, 5) is 26.2. The third-order valence-electron chi connectivity index (χ3n) is 3.17. The first kappa shape index (κ1) is 18.1. The Balaban J connectivity index is 2.35. The average molecular weight is 349 g/mol. The van der Waals surface area contributed by atoms with Gasteiger partial charge in [0.15, 0.2) is 0 Å². The Labute approximate surface area is 142 Å². The van der Waals surface area contributed by atoms with Crippen LogP contribution in [-0.2, 0) is 0 Å². The molecule has 0 atom stereocenters. The van der Waals surface area contributed by atoms with Crippen LogP contribution in [-0.4, -0.2) is 26.6 Å². The van der Waals surface area contributed by atoms with Gasteiger partial charge < -0.3 is 9.84 Å². The van der Waals surface area contributed by atoms with E-state index in [0.29, 0.717) is 0 Å². The number of nitrogens with zero attached hydrogens (tertiary/aromatic N) is 3. The molecule has 0 aliphatic rings. The number of rotatable bonds is 4. The van der Waals surface area contributed by atoms with E-state index in [1.165, 1.54) is 24.3 Å². The van der Waals surface area contributed by atoms with Crippen molar-refractivity contribution in [1.82, 2.24) is 4.98 Å². The Morgan fingerprint density at radius 1 is 1.32 bits per heavy atom. The predicted molar refractivity (Wildman–Crippen MR) is 87.6 cm³/mol. The highest BCUT2D eigenvalue weighted by atomic mass is 19.1. The van der Waals surface area contributed by atoms with Gasteiger partial charge in [0.2, 0.25) is 5.88 Å². The van der Waals surface area contributed by atoms with Crippen molar-refractivity contribution in [2.75, 3.05) is 4.90 Å². The first-order valence-electron chi connectivity index (χ1n) is 7.20. The number of aromatic nitrogens is 1. The zero-order valence-electron chi connectivity index (χ0n) is 13.8. The van der Waals surface area contributed by atoms with Crippen LogP contribution in [0.5, 0.6) is 11.6 Å². The van der Waals surface area contributed by atoms with Gasteiger partial charge in [0.05, 0.1) is 10.6 Å². The molecule has 0 fully saturated rings. The minimum Gasteiger partial charge on any atom is -0.465 e. The monoisotopic (exact) mass is 349 g/mol. The van der Waals surface area contributed by atoms with E-state index in [9.17, 15) is 24.4 Å². The Bertz CT molecular complexity index is 802. The minimum atomic E-state index is -1.31. The lowest BCUT2D eigenvalue weighted by molar-refractivity contribution is -0.385. The van der Waals surface area contributed by atoms with Crippen LogP contribution in [0.25, 0.3) is 0 Å². The van der Waals surface area contributed by atoms with E-state index in [1.807, 2.05) is 0 Å². The summed E-state index contributed by atoms with van der Waals surface area (Å²) >= 11 is 0. The number of hydrogen-bond acceptors (Lipinski definition) is 5. The number of carbonyl (C=O) groups is 1. The maximum absolute atomic E-state index is 14.1. The van der Waals surface area contributed by atoms with Crippen molar-refractivity contribution in [3.8, 4) is 11.6 Å². The second kappa shape index (κ2) is 6.71. The van der Waals surface area contributed by atoms with E-state index in [-0.39, 0.29) is 23.0 Å². The van der Waals surface area contributed by atoms with E-state index in [4.69, 9.17) is 4.74 Å². The van der Waals surface area contributed by atoms with E-state index < -0.39 is 22.4 Å². The van der Waals surface area contributed by atoms with E-state index >= 15 is 0 Å². The van der Waals surface area contributed by atoms with Crippen molar-refractivity contribution < 1.29 is 24.0 Å². The SMILES string of the molecule is CC(C)(C)N(C(=O)O)c1cc(Oc2ccc([N+](=O)[O-])cn2)ccc1F. The van der Waals surface area contributed by atoms with Gasteiger partial charge >= 0.3 is 6.09 Å². The smallest absolute Gasteiger partial charge is 0.412 e. The van der Waals surface area contributed by atoms with Crippen LogP contribution in [0.1, 0.15) is 20.8 Å². The molecule has 1 amide bonds. The van der Waals surface area contributed by atoms with Crippen LogP contribution in [0.2, 0.25) is 0 Å². The minimum absolute atomic E-state index is 0.0563. The van der Waals surface area contributed by atoms with E-state index in [2.05, 4.69) is 4.98 Å². The molecule has 0 radical (unpaired) electrons. The fourth-order valence-corrected chi connectivity index (χ4v) is 2.14. The molecular weight excluding hydrogens is 333 g/mol. The average Bonchev–Trinajstić information content (AvgIpc) is 2.49. The normalized spacial score (nSPS) is 11.0. The third kappa shape index (κ3) is 4.19. The lowest BCUT2D eigenvalue weighted by atomic mass is 10.1. The topological polar surface area (TPSA) is 106 Å². The molecule has 0 saturated carbocycles. The van der Waals surface area contributed by atoms with Gasteiger partial charge in [0.25, 0.3) is 5.69 Å². The van der Waals surface area contributed by atoms with Crippen LogP contribution < -0.4 is 9.64 Å². The van der Waals surface area contributed by atoms with Gasteiger partial charge in [-0.1, -0.05) is 0 Å². The van der Waals surface area contributed by atoms with Crippen molar-refractivity contribution in [3.63, 3.8) is 0 Å². The second-order valence-corrected chi connectivity index (χ2v) is 6.12. The summed E-state index contributed by atoms with van der Waals surface area (Å²) in [5, 5.41) is 20.0. The molecule has 2 rings (SSSR count). The molecule has 132 valence electrons. The van der Waals surface area contributed by atoms with Crippen molar-refractivity contribution in [2.24, 2.45) is 0 Å². The Kier molecular flexibility index (Phi) is 4.87. The summed E-state index contributed by atoms with van der Waals surface area (Å²) in [6.07, 6.45) is -0.282. The Morgan fingerprint density at radius 2 is 2.00 bits per heavy atom. The number of halogens is 1. The molecule has 8 nitrogen and oxygen atoms in total. The molecule has 1 heterocycles. The molecular formula is C16H16FN3O5. The standard InChI is InChI=1S/C16H16FN3O5/c1-16(2,3)19(15(21)22)13-8-11(5-6-12(13)17)25-14-7-4-10(9-18-14)20(23)24/h4-9H,1-3H3,(H,21,22). The molecule has 0 spiro atoms. The van der Waals surface area contributed by atoms with Crippen LogP contribution in [0, 0.1) is 15.9 Å². The number of carboxylic acid groups (broad SMARTS) is 1. The highest BCUT2D eigenvalue weighted by Gasteiger charge is 2.30. The largest absolute Gasteiger partial charge is 0.465 e. The fraction of sp³-hybridized carbons (Fsp3) is 0.250. The van der Waals surface area contributed by atoms with Crippen LogP contribution >= 0.6 is 0 Å². The summed E-state index contributed by atoms with van der Waals surface area (Å²) in [6, 6.07) is 6.13. The zero-order valence-corrected chi connectivity index (χ0v) is 13.8. The number of ether oxygens (including phenoxy) is 1. The summed E-state index contributed by atoms with van der Waals surface area (Å²) in [5.41, 5.74) is -1.24. The third-order valence-corrected chi connectivity index (χ3v) is 3.17. The lowest BCUT2D eigenvalue weighted by Gasteiger charge is -2.33. The molecule has 0 unspecified atom stereocenters. The lowest BCUT2D eigenvalue weighted by Crippen LogP contribution is -2.45. The van der Waals surface area contributed by atoms with Gasteiger partial charge in [0, 0.05) is 23.7 Å². The number of amides is 1. The van der Waals surface area contributed by atoms with E-state index in [0.717, 1.165) is 17.2 Å². The molecule has 0 aliphatic carbocycles. The van der Waals surface area contributed by atoms with Crippen LogP contribution in [0.4, 0.5) is 20.6 Å². The molecule has 25 heavy (non-hydrogen) atoms. The quantitative estimate of drug-likeness (QED) is 0.655. The number of hydrogen-bond donors (Lipinski definition) is 1. The number of anilines is 1. The summed E-state index contributed by atoms with van der Waals surface area (Å²) in [5.74, 6) is -0.518. The van der Waals surface area contributed by atoms with Gasteiger partial charge in [-0.15, -0.1) is 0 Å². The van der Waals surface area contributed by atoms with Gasteiger partial charge in [0.1, 0.15) is 17.8 Å². The first-order valence-corrected chi connectivity index (χ1v) is 7.20. The highest BCUT2D eigenvalue weighted by molar-refractivity contribution is 5.88. The number of pyridine rings is 1.